The molecular formula is C18H31N3. The van der Waals surface area contributed by atoms with Crippen LogP contribution in [0.25, 0.3) is 0 Å². The van der Waals surface area contributed by atoms with Gasteiger partial charge in [-0.05, 0) is 62.8 Å². The van der Waals surface area contributed by atoms with Crippen molar-refractivity contribution in [2.24, 2.45) is 17.8 Å². The molecule has 3 aliphatic rings. The van der Waals surface area contributed by atoms with Crippen molar-refractivity contribution in [2.75, 3.05) is 19.6 Å². The summed E-state index contributed by atoms with van der Waals surface area (Å²) in [5.74, 6) is 2.24. The quantitative estimate of drug-likeness (QED) is 0.845. The summed E-state index contributed by atoms with van der Waals surface area (Å²) >= 11 is 0. The Morgan fingerprint density at radius 1 is 1.19 bits per heavy atom. The fourth-order valence-corrected chi connectivity index (χ4v) is 4.74. The van der Waals surface area contributed by atoms with Gasteiger partial charge in [-0.15, -0.1) is 0 Å². The molecule has 3 fully saturated rings. The molecule has 0 radical (unpaired) electrons. The molecule has 3 nitrogen and oxygen atoms in total. The van der Waals surface area contributed by atoms with Gasteiger partial charge in [-0.2, -0.15) is 5.26 Å². The van der Waals surface area contributed by atoms with Crippen molar-refractivity contribution in [3.8, 4) is 6.07 Å². The van der Waals surface area contributed by atoms with Crippen molar-refractivity contribution in [3.05, 3.63) is 0 Å². The zero-order valence-electron chi connectivity index (χ0n) is 13.8. The SMILES string of the molecule is CC1CC(C)CN(CCC2CCCC2(C#N)NC2CC2)C1. The summed E-state index contributed by atoms with van der Waals surface area (Å²) in [5, 5.41) is 13.5. The molecule has 1 N–H and O–H groups in total. The van der Waals surface area contributed by atoms with Crippen molar-refractivity contribution < 1.29 is 0 Å². The Bertz CT molecular complexity index is 388. The second kappa shape index (κ2) is 6.26. The standard InChI is InChI=1S/C18H31N3/c1-14-10-15(2)12-21(11-14)9-7-16-4-3-8-18(16,13-19)20-17-5-6-17/h14-17,20H,3-12H2,1-2H3. The molecule has 0 bridgehead atoms. The van der Waals surface area contributed by atoms with Gasteiger partial charge in [0.15, 0.2) is 0 Å². The third-order valence-electron chi connectivity index (χ3n) is 5.80. The third kappa shape index (κ3) is 3.60. The molecule has 4 atom stereocenters. The van der Waals surface area contributed by atoms with Crippen LogP contribution in [-0.2, 0) is 0 Å². The van der Waals surface area contributed by atoms with E-state index < -0.39 is 0 Å². The zero-order chi connectivity index (χ0) is 14.9. The Labute approximate surface area is 130 Å². The number of nitrogens with zero attached hydrogens (tertiary/aromatic N) is 2. The van der Waals surface area contributed by atoms with E-state index in [1.807, 2.05) is 0 Å². The molecule has 1 heterocycles. The molecule has 0 spiro atoms. The first kappa shape index (κ1) is 15.3. The Balaban J connectivity index is 1.54. The molecule has 0 aromatic heterocycles. The van der Waals surface area contributed by atoms with Crippen LogP contribution in [0.5, 0.6) is 0 Å². The first-order valence-electron chi connectivity index (χ1n) is 9.02. The molecule has 0 amide bonds. The molecule has 2 saturated carbocycles. The summed E-state index contributed by atoms with van der Waals surface area (Å²) in [6.07, 6.45) is 8.67. The van der Waals surface area contributed by atoms with Crippen LogP contribution in [0.1, 0.15) is 58.8 Å². The van der Waals surface area contributed by atoms with E-state index in [2.05, 4.69) is 30.1 Å². The van der Waals surface area contributed by atoms with Crippen molar-refractivity contribution in [2.45, 2.75) is 70.4 Å². The van der Waals surface area contributed by atoms with Crippen LogP contribution < -0.4 is 5.32 Å². The Kier molecular flexibility index (Phi) is 4.57. The fraction of sp³-hybridized carbons (Fsp3) is 0.944. The van der Waals surface area contributed by atoms with Gasteiger partial charge in [-0.3, -0.25) is 5.32 Å². The topological polar surface area (TPSA) is 39.1 Å². The molecule has 118 valence electrons. The minimum atomic E-state index is -0.200. The highest BCUT2D eigenvalue weighted by Gasteiger charge is 2.45. The number of piperidine rings is 1. The number of rotatable bonds is 5. The first-order chi connectivity index (χ1) is 10.1. The maximum atomic E-state index is 9.76. The normalized spacial score (nSPS) is 41.1. The van der Waals surface area contributed by atoms with Gasteiger partial charge in [0.2, 0.25) is 0 Å². The van der Waals surface area contributed by atoms with E-state index >= 15 is 0 Å². The van der Waals surface area contributed by atoms with E-state index in [4.69, 9.17) is 0 Å². The lowest BCUT2D eigenvalue weighted by Gasteiger charge is -2.37. The second-order valence-corrected chi connectivity index (χ2v) is 8.09. The van der Waals surface area contributed by atoms with Gasteiger partial charge in [0.25, 0.3) is 0 Å². The number of nitriles is 1. The number of nitrogens with one attached hydrogen (secondary N) is 1. The van der Waals surface area contributed by atoms with Gasteiger partial charge in [0.05, 0.1) is 6.07 Å². The van der Waals surface area contributed by atoms with Gasteiger partial charge in [-0.1, -0.05) is 20.3 Å². The predicted octanol–water partition coefficient (Wildman–Crippen LogP) is 3.17. The average molecular weight is 289 g/mol. The van der Waals surface area contributed by atoms with Crippen molar-refractivity contribution >= 4 is 0 Å². The molecule has 2 aliphatic carbocycles. The summed E-state index contributed by atoms with van der Waals surface area (Å²) in [6, 6.07) is 3.31. The number of hydrogen-bond donors (Lipinski definition) is 1. The lowest BCUT2D eigenvalue weighted by Crippen LogP contribution is -2.49. The van der Waals surface area contributed by atoms with Gasteiger partial charge < -0.3 is 4.90 Å². The number of hydrogen-bond acceptors (Lipinski definition) is 3. The largest absolute Gasteiger partial charge is 0.303 e. The molecule has 3 rings (SSSR count). The smallest absolute Gasteiger partial charge is 0.109 e. The first-order valence-corrected chi connectivity index (χ1v) is 9.02. The monoisotopic (exact) mass is 289 g/mol. The maximum Gasteiger partial charge on any atom is 0.109 e. The van der Waals surface area contributed by atoms with Gasteiger partial charge in [-0.25, -0.2) is 0 Å². The molecule has 1 aliphatic heterocycles. The van der Waals surface area contributed by atoms with Crippen molar-refractivity contribution in [1.82, 2.24) is 10.2 Å². The highest BCUT2D eigenvalue weighted by Crippen LogP contribution is 2.40. The minimum Gasteiger partial charge on any atom is -0.303 e. The van der Waals surface area contributed by atoms with E-state index in [0.29, 0.717) is 12.0 Å². The zero-order valence-corrected chi connectivity index (χ0v) is 13.8. The van der Waals surface area contributed by atoms with E-state index in [1.165, 1.54) is 58.2 Å². The molecule has 3 heteroatoms. The molecular weight excluding hydrogens is 258 g/mol. The van der Waals surface area contributed by atoms with E-state index in [1.54, 1.807) is 0 Å². The lowest BCUT2D eigenvalue weighted by molar-refractivity contribution is 0.127. The van der Waals surface area contributed by atoms with Crippen LogP contribution in [0, 0.1) is 29.1 Å². The van der Waals surface area contributed by atoms with Gasteiger partial charge in [0.1, 0.15) is 5.54 Å². The van der Waals surface area contributed by atoms with Gasteiger partial charge in [0, 0.05) is 19.1 Å². The summed E-state index contributed by atoms with van der Waals surface area (Å²) in [6.45, 7) is 8.47. The van der Waals surface area contributed by atoms with Crippen LogP contribution in [0.2, 0.25) is 0 Å². The molecule has 1 saturated heterocycles. The van der Waals surface area contributed by atoms with E-state index in [0.717, 1.165) is 18.3 Å². The third-order valence-corrected chi connectivity index (χ3v) is 5.80. The average Bonchev–Trinajstić information content (AvgIpc) is 3.15. The van der Waals surface area contributed by atoms with Crippen LogP contribution in [0.3, 0.4) is 0 Å². The number of likely N-dealkylation sites (tertiary alicyclic amines) is 1. The summed E-state index contributed by atoms with van der Waals surface area (Å²) < 4.78 is 0. The predicted molar refractivity (Wildman–Crippen MR) is 85.8 cm³/mol. The van der Waals surface area contributed by atoms with Crippen LogP contribution >= 0.6 is 0 Å². The van der Waals surface area contributed by atoms with E-state index in [-0.39, 0.29) is 5.54 Å². The summed E-state index contributed by atoms with van der Waals surface area (Å²) in [5.41, 5.74) is -0.200. The van der Waals surface area contributed by atoms with Crippen LogP contribution in [0.4, 0.5) is 0 Å². The Morgan fingerprint density at radius 2 is 1.90 bits per heavy atom. The van der Waals surface area contributed by atoms with Gasteiger partial charge >= 0.3 is 0 Å². The van der Waals surface area contributed by atoms with Crippen LogP contribution in [0.15, 0.2) is 0 Å². The van der Waals surface area contributed by atoms with Crippen molar-refractivity contribution in [3.63, 3.8) is 0 Å². The highest BCUT2D eigenvalue weighted by atomic mass is 15.1. The Hall–Kier alpha value is -0.590. The molecule has 21 heavy (non-hydrogen) atoms. The Morgan fingerprint density at radius 3 is 2.52 bits per heavy atom. The van der Waals surface area contributed by atoms with Crippen LogP contribution in [-0.4, -0.2) is 36.1 Å². The lowest BCUT2D eigenvalue weighted by atomic mass is 9.85. The summed E-state index contributed by atoms with van der Waals surface area (Å²) in [4.78, 5) is 2.65. The summed E-state index contributed by atoms with van der Waals surface area (Å²) in [7, 11) is 0. The molecule has 4 unspecified atom stereocenters. The second-order valence-electron chi connectivity index (χ2n) is 8.09. The highest BCUT2D eigenvalue weighted by molar-refractivity contribution is 5.16. The molecule has 0 aromatic rings. The maximum absolute atomic E-state index is 9.76. The van der Waals surface area contributed by atoms with Crippen molar-refractivity contribution in [1.29, 1.82) is 5.26 Å². The van der Waals surface area contributed by atoms with E-state index in [9.17, 15) is 5.26 Å². The minimum absolute atomic E-state index is 0.200. The molecule has 0 aromatic carbocycles. The fourth-order valence-electron chi connectivity index (χ4n) is 4.74.